The maximum absolute atomic E-state index is 11.3. The van der Waals surface area contributed by atoms with Crippen LogP contribution >= 0.6 is 11.3 Å². The van der Waals surface area contributed by atoms with Gasteiger partial charge in [-0.3, -0.25) is 10.1 Å². The second kappa shape index (κ2) is 6.38. The molecule has 0 saturated carbocycles. The average molecular weight is 292 g/mol. The molecule has 2 aromatic rings. The number of hydrogen-bond donors (Lipinski definition) is 1. The van der Waals surface area contributed by atoms with Gasteiger partial charge in [-0.05, 0) is 37.4 Å². The van der Waals surface area contributed by atoms with Gasteiger partial charge in [0.05, 0.1) is 17.6 Å². The number of ether oxygens (including phenoxy) is 1. The van der Waals surface area contributed by atoms with Crippen LogP contribution in [0.2, 0.25) is 0 Å². The Hall–Kier alpha value is -2.08. The van der Waals surface area contributed by atoms with E-state index in [1.54, 1.807) is 36.5 Å². The summed E-state index contributed by atoms with van der Waals surface area (Å²) in [7, 11) is 0. The average Bonchev–Trinajstić information content (AvgIpc) is 2.92. The maximum Gasteiger partial charge on any atom is 0.333 e. The van der Waals surface area contributed by atoms with Gasteiger partial charge in [0.1, 0.15) is 5.69 Å². The minimum atomic E-state index is -0.408. The quantitative estimate of drug-likeness (QED) is 0.639. The van der Waals surface area contributed by atoms with Crippen LogP contribution in [0.1, 0.15) is 24.8 Å². The largest absolute Gasteiger partial charge is 0.487 e. The van der Waals surface area contributed by atoms with Crippen molar-refractivity contribution in [3.8, 4) is 5.75 Å². The van der Waals surface area contributed by atoms with Crippen molar-refractivity contribution in [3.63, 3.8) is 0 Å². The highest BCUT2D eigenvalue weighted by Gasteiger charge is 2.22. The number of para-hydroxylation sites is 1. The van der Waals surface area contributed by atoms with E-state index in [0.29, 0.717) is 18.0 Å². The molecule has 1 heterocycles. The fraction of sp³-hybridized carbons (Fsp3) is 0.286. The first-order valence-corrected chi connectivity index (χ1v) is 7.21. The monoisotopic (exact) mass is 292 g/mol. The Morgan fingerprint density at radius 3 is 2.80 bits per heavy atom. The van der Waals surface area contributed by atoms with Crippen molar-refractivity contribution in [2.24, 2.45) is 0 Å². The fourth-order valence-corrected chi connectivity index (χ4v) is 2.68. The molecule has 1 atom stereocenters. The van der Waals surface area contributed by atoms with E-state index < -0.39 is 4.92 Å². The Morgan fingerprint density at radius 1 is 1.40 bits per heavy atom. The third-order valence-electron chi connectivity index (χ3n) is 2.82. The van der Waals surface area contributed by atoms with Crippen LogP contribution in [0, 0.1) is 10.1 Å². The molecule has 0 amide bonds. The molecule has 1 N–H and O–H groups in total. The third kappa shape index (κ3) is 3.08. The van der Waals surface area contributed by atoms with E-state index in [1.807, 2.05) is 24.4 Å². The van der Waals surface area contributed by atoms with Crippen LogP contribution in [-0.2, 0) is 0 Å². The van der Waals surface area contributed by atoms with Gasteiger partial charge in [-0.25, -0.2) is 0 Å². The van der Waals surface area contributed by atoms with E-state index in [2.05, 4.69) is 5.32 Å². The van der Waals surface area contributed by atoms with Crippen molar-refractivity contribution >= 4 is 22.7 Å². The van der Waals surface area contributed by atoms with Gasteiger partial charge in [0.2, 0.25) is 0 Å². The van der Waals surface area contributed by atoms with Crippen LogP contribution in [0.25, 0.3) is 0 Å². The smallest absolute Gasteiger partial charge is 0.333 e. The van der Waals surface area contributed by atoms with E-state index >= 15 is 0 Å². The molecular weight excluding hydrogens is 276 g/mol. The number of thiophene rings is 1. The molecule has 6 heteroatoms. The Bertz CT molecular complexity index is 584. The molecule has 106 valence electrons. The summed E-state index contributed by atoms with van der Waals surface area (Å²) in [4.78, 5) is 12.0. The van der Waals surface area contributed by atoms with E-state index in [1.165, 1.54) is 0 Å². The molecule has 2 rings (SSSR count). The molecule has 0 saturated heterocycles. The normalized spacial score (nSPS) is 11.9. The molecule has 0 bridgehead atoms. The van der Waals surface area contributed by atoms with Gasteiger partial charge in [0.25, 0.3) is 0 Å². The van der Waals surface area contributed by atoms with Gasteiger partial charge in [0, 0.05) is 4.88 Å². The summed E-state index contributed by atoms with van der Waals surface area (Å²) < 4.78 is 5.33. The zero-order valence-electron chi connectivity index (χ0n) is 11.3. The molecule has 0 radical (unpaired) electrons. The summed E-state index contributed by atoms with van der Waals surface area (Å²) in [5.74, 6) is 0.292. The fourth-order valence-electron chi connectivity index (χ4n) is 1.94. The Kier molecular flexibility index (Phi) is 4.57. The zero-order valence-corrected chi connectivity index (χ0v) is 12.1. The lowest BCUT2D eigenvalue weighted by atomic mass is 10.2. The Morgan fingerprint density at radius 2 is 2.20 bits per heavy atom. The molecule has 0 aliphatic carbocycles. The van der Waals surface area contributed by atoms with Crippen LogP contribution in [-0.4, -0.2) is 11.5 Å². The zero-order chi connectivity index (χ0) is 14.5. The number of anilines is 1. The van der Waals surface area contributed by atoms with Crippen LogP contribution in [0.3, 0.4) is 0 Å². The molecule has 1 aromatic carbocycles. The summed E-state index contributed by atoms with van der Waals surface area (Å²) in [6.07, 6.45) is 0. The lowest BCUT2D eigenvalue weighted by Gasteiger charge is -2.15. The van der Waals surface area contributed by atoms with Crippen molar-refractivity contribution in [2.45, 2.75) is 19.9 Å². The molecule has 5 nitrogen and oxygen atoms in total. The first-order chi connectivity index (χ1) is 9.63. The van der Waals surface area contributed by atoms with Gasteiger partial charge in [0.15, 0.2) is 5.75 Å². The van der Waals surface area contributed by atoms with Crippen LogP contribution in [0.4, 0.5) is 11.4 Å². The minimum absolute atomic E-state index is 0.00516. The molecule has 0 aliphatic heterocycles. The lowest BCUT2D eigenvalue weighted by molar-refractivity contribution is -0.385. The molecule has 1 aromatic heterocycles. The van der Waals surface area contributed by atoms with Gasteiger partial charge >= 0.3 is 5.69 Å². The van der Waals surface area contributed by atoms with Crippen molar-refractivity contribution in [2.75, 3.05) is 11.9 Å². The van der Waals surface area contributed by atoms with E-state index in [4.69, 9.17) is 4.74 Å². The van der Waals surface area contributed by atoms with Crippen LogP contribution < -0.4 is 10.1 Å². The molecule has 0 aliphatic rings. The first-order valence-electron chi connectivity index (χ1n) is 6.33. The molecule has 1 unspecified atom stereocenters. The van der Waals surface area contributed by atoms with Crippen molar-refractivity contribution in [3.05, 3.63) is 50.7 Å². The number of nitrogens with zero attached hydrogens (tertiary/aromatic N) is 1. The first kappa shape index (κ1) is 14.3. The second-order valence-corrected chi connectivity index (χ2v) is 5.20. The van der Waals surface area contributed by atoms with Gasteiger partial charge in [-0.15, -0.1) is 11.3 Å². The number of nitrogens with one attached hydrogen (secondary N) is 1. The van der Waals surface area contributed by atoms with Crippen molar-refractivity contribution in [1.82, 2.24) is 0 Å². The lowest BCUT2D eigenvalue weighted by Crippen LogP contribution is -2.08. The van der Waals surface area contributed by atoms with E-state index in [0.717, 1.165) is 4.88 Å². The van der Waals surface area contributed by atoms with Crippen LogP contribution in [0.5, 0.6) is 5.75 Å². The predicted molar refractivity (Wildman–Crippen MR) is 80.6 cm³/mol. The van der Waals surface area contributed by atoms with Crippen molar-refractivity contribution in [1.29, 1.82) is 0 Å². The maximum atomic E-state index is 11.3. The predicted octanol–water partition coefficient (Wildman–Crippen LogP) is 4.23. The Labute approximate surface area is 121 Å². The topological polar surface area (TPSA) is 64.4 Å². The molecular formula is C14H16N2O3S. The number of nitro groups is 1. The van der Waals surface area contributed by atoms with E-state index in [-0.39, 0.29) is 11.7 Å². The van der Waals surface area contributed by atoms with Crippen LogP contribution in [0.15, 0.2) is 35.7 Å². The summed E-state index contributed by atoms with van der Waals surface area (Å²) in [5, 5.41) is 16.4. The SMILES string of the molecule is CCOc1cccc(NC(C)c2cccs2)c1[N+](=O)[O-]. The van der Waals surface area contributed by atoms with E-state index in [9.17, 15) is 10.1 Å². The number of rotatable bonds is 6. The molecule has 0 fully saturated rings. The highest BCUT2D eigenvalue weighted by molar-refractivity contribution is 7.10. The minimum Gasteiger partial charge on any atom is -0.487 e. The standard InChI is InChI=1S/C14H16N2O3S/c1-3-19-12-7-4-6-11(14(12)16(17)18)15-10(2)13-8-5-9-20-13/h4-10,15H,3H2,1-2H3. The van der Waals surface area contributed by atoms with Gasteiger partial charge < -0.3 is 10.1 Å². The number of benzene rings is 1. The summed E-state index contributed by atoms with van der Waals surface area (Å²) >= 11 is 1.62. The van der Waals surface area contributed by atoms with Gasteiger partial charge in [-0.2, -0.15) is 0 Å². The highest BCUT2D eigenvalue weighted by atomic mass is 32.1. The summed E-state index contributed by atoms with van der Waals surface area (Å²) in [6, 6.07) is 9.03. The second-order valence-electron chi connectivity index (χ2n) is 4.22. The highest BCUT2D eigenvalue weighted by Crippen LogP contribution is 2.36. The van der Waals surface area contributed by atoms with Crippen molar-refractivity contribution < 1.29 is 9.66 Å². The third-order valence-corrected chi connectivity index (χ3v) is 3.88. The molecule has 0 spiro atoms. The number of hydrogen-bond acceptors (Lipinski definition) is 5. The summed E-state index contributed by atoms with van der Waals surface area (Å²) in [6.45, 7) is 4.17. The van der Waals surface area contributed by atoms with Gasteiger partial charge in [-0.1, -0.05) is 12.1 Å². The number of nitro benzene ring substituents is 1. The Balaban J connectivity index is 2.31. The molecule has 20 heavy (non-hydrogen) atoms. The summed E-state index contributed by atoms with van der Waals surface area (Å²) in [5.41, 5.74) is 0.458.